The molecule has 0 bridgehead atoms. The van der Waals surface area contributed by atoms with E-state index in [1.54, 1.807) is 0 Å². The summed E-state index contributed by atoms with van der Waals surface area (Å²) >= 11 is 0. The van der Waals surface area contributed by atoms with Crippen LogP contribution in [0.4, 0.5) is 13.2 Å². The molecule has 34 heavy (non-hydrogen) atoms. The quantitative estimate of drug-likeness (QED) is 0.355. The summed E-state index contributed by atoms with van der Waals surface area (Å²) in [7, 11) is -3.50. The van der Waals surface area contributed by atoms with Crippen LogP contribution in [0.5, 0.6) is 5.75 Å². The predicted molar refractivity (Wildman–Crippen MR) is 110 cm³/mol. The van der Waals surface area contributed by atoms with Crippen molar-refractivity contribution in [3.05, 3.63) is 29.3 Å². The lowest BCUT2D eigenvalue weighted by molar-refractivity contribution is -0.906. The summed E-state index contributed by atoms with van der Waals surface area (Å²) in [5.41, 5.74) is 0.567. The fourth-order valence-corrected chi connectivity index (χ4v) is 4.14. The van der Waals surface area contributed by atoms with Crippen LogP contribution in [0, 0.1) is 5.92 Å². The molecule has 1 saturated heterocycles. The van der Waals surface area contributed by atoms with E-state index in [9.17, 15) is 31.5 Å². The molecule has 10 nitrogen and oxygen atoms in total. The Kier molecular flexibility index (Phi) is 10.1. The van der Waals surface area contributed by atoms with Gasteiger partial charge in [-0.3, -0.25) is 0 Å². The normalized spacial score (nSPS) is 16.9. The molecule has 2 aliphatic rings. The number of carboxylic acids is 2. The van der Waals surface area contributed by atoms with Crippen LogP contribution in [0.3, 0.4) is 0 Å². The number of sulfonamides is 1. The first-order valence-corrected chi connectivity index (χ1v) is 12.2. The number of quaternary nitrogens is 1. The number of hydrogen-bond donors (Lipinski definition) is 3. The highest BCUT2D eigenvalue weighted by Gasteiger charge is 2.29. The number of aromatic carboxylic acids is 1. The second kappa shape index (κ2) is 12.3. The van der Waals surface area contributed by atoms with E-state index in [1.807, 2.05) is 0 Å². The summed E-state index contributed by atoms with van der Waals surface area (Å²) < 4.78 is 69.8. The molecule has 192 valence electrons. The van der Waals surface area contributed by atoms with Gasteiger partial charge in [0.2, 0.25) is 10.0 Å². The van der Waals surface area contributed by atoms with Crippen molar-refractivity contribution < 1.29 is 55.8 Å². The largest absolute Gasteiger partial charge is 0.542 e. The molecule has 0 radical (unpaired) electrons. The zero-order valence-corrected chi connectivity index (χ0v) is 19.0. The van der Waals surface area contributed by atoms with Gasteiger partial charge in [0.15, 0.2) is 0 Å². The van der Waals surface area contributed by atoms with Crippen LogP contribution in [0.25, 0.3) is 0 Å². The Hall–Kier alpha value is -2.42. The summed E-state index contributed by atoms with van der Waals surface area (Å²) in [6.07, 6.45) is -3.02. The maximum absolute atomic E-state index is 12.3. The third-order valence-electron chi connectivity index (χ3n) is 5.04. The Morgan fingerprint density at radius 2 is 1.85 bits per heavy atom. The third kappa shape index (κ3) is 10.2. The van der Waals surface area contributed by atoms with Crippen LogP contribution in [0.15, 0.2) is 18.2 Å². The summed E-state index contributed by atoms with van der Waals surface area (Å²) in [4.78, 5) is 21.5. The van der Waals surface area contributed by atoms with Gasteiger partial charge < -0.3 is 29.4 Å². The fourth-order valence-electron chi connectivity index (χ4n) is 3.01. The molecular formula is C20H27F3N2O8S. The van der Waals surface area contributed by atoms with Gasteiger partial charge in [-0.2, -0.15) is 13.2 Å². The minimum absolute atomic E-state index is 0.0562. The molecule has 14 heteroatoms. The van der Waals surface area contributed by atoms with Gasteiger partial charge in [0.25, 0.3) is 0 Å². The van der Waals surface area contributed by atoms with E-state index < -0.39 is 28.1 Å². The second-order valence-electron chi connectivity index (χ2n) is 7.94. The Labute approximate surface area is 194 Å². The van der Waals surface area contributed by atoms with Crippen LogP contribution >= 0.6 is 0 Å². The number of morpholine rings is 1. The predicted octanol–water partition coefficient (Wildman–Crippen LogP) is -1.19. The number of alkyl halides is 3. The lowest BCUT2D eigenvalue weighted by Gasteiger charge is -2.23. The Morgan fingerprint density at radius 1 is 1.24 bits per heavy atom. The lowest BCUT2D eigenvalue weighted by Crippen LogP contribution is -3.14. The van der Waals surface area contributed by atoms with E-state index in [2.05, 4.69) is 4.72 Å². The van der Waals surface area contributed by atoms with E-state index in [0.29, 0.717) is 37.8 Å². The van der Waals surface area contributed by atoms with Gasteiger partial charge in [-0.1, -0.05) is 6.07 Å². The third-order valence-corrected chi connectivity index (χ3v) is 6.39. The van der Waals surface area contributed by atoms with E-state index in [-0.39, 0.29) is 17.1 Å². The molecule has 0 amide bonds. The summed E-state index contributed by atoms with van der Waals surface area (Å²) in [5.74, 6) is -3.58. The van der Waals surface area contributed by atoms with Crippen LogP contribution in [-0.4, -0.2) is 77.6 Å². The molecule has 1 aliphatic carbocycles. The first-order valence-electron chi connectivity index (χ1n) is 10.5. The van der Waals surface area contributed by atoms with Gasteiger partial charge in [0.1, 0.15) is 30.4 Å². The number of carbonyl (C=O) groups excluding carboxylic acids is 1. The van der Waals surface area contributed by atoms with E-state index in [0.717, 1.165) is 32.5 Å². The maximum atomic E-state index is 12.3. The minimum atomic E-state index is -5.19. The van der Waals surface area contributed by atoms with Crippen molar-refractivity contribution in [2.45, 2.75) is 24.8 Å². The molecule has 2 fully saturated rings. The average molecular weight is 513 g/mol. The van der Waals surface area contributed by atoms with Gasteiger partial charge in [0.05, 0.1) is 38.7 Å². The van der Waals surface area contributed by atoms with Crippen LogP contribution in [0.1, 0.15) is 28.8 Å². The fraction of sp³-hybridized carbons (Fsp3) is 0.600. The van der Waals surface area contributed by atoms with E-state index in [1.165, 1.54) is 23.1 Å². The number of rotatable bonds is 10. The average Bonchev–Trinajstić information content (AvgIpc) is 3.57. The molecule has 1 saturated carbocycles. The summed E-state index contributed by atoms with van der Waals surface area (Å²) in [5, 5.41) is 18.1. The number of carboxylic acid groups (broad SMARTS) is 2. The topological polar surface area (TPSA) is 146 Å². The molecule has 1 aromatic carbocycles. The standard InChI is InChI=1S/C18H26N2O6S.C2HF3O2/c21-18(22)16-4-3-15(11-17(16)26-12-14-1-2-14)13-27(23,24)19-5-6-20-7-9-25-10-8-20;3-2(4,5)1(6)7/h3-4,11,14,19H,1-2,5-10,12-13H2,(H,21,22);(H,6,7). The molecular weight excluding hydrogens is 485 g/mol. The molecule has 1 heterocycles. The van der Waals surface area contributed by atoms with Crippen LogP contribution in [0.2, 0.25) is 0 Å². The number of hydrogen-bond acceptors (Lipinski definition) is 7. The van der Waals surface area contributed by atoms with Gasteiger partial charge in [-0.25, -0.2) is 17.9 Å². The van der Waals surface area contributed by atoms with Crippen molar-refractivity contribution in [1.29, 1.82) is 0 Å². The van der Waals surface area contributed by atoms with E-state index >= 15 is 0 Å². The molecule has 0 aromatic heterocycles. The highest BCUT2D eigenvalue weighted by molar-refractivity contribution is 7.88. The number of ether oxygens (including phenoxy) is 2. The number of aliphatic carboxylic acids is 1. The summed E-state index contributed by atoms with van der Waals surface area (Å²) in [6, 6.07) is 4.46. The van der Waals surface area contributed by atoms with Gasteiger partial charge >= 0.3 is 12.1 Å². The Morgan fingerprint density at radius 3 is 2.38 bits per heavy atom. The SMILES string of the molecule is O=C(O)c1ccc(CS(=O)(=O)NCC[NH+]2CCOCC2)cc1OCC1CC1.O=C([O-])C(F)(F)F. The van der Waals surface area contributed by atoms with Crippen molar-refractivity contribution in [3.63, 3.8) is 0 Å². The Balaban J connectivity index is 0.000000509. The van der Waals surface area contributed by atoms with Gasteiger partial charge in [-0.05, 0) is 36.5 Å². The number of nitrogens with one attached hydrogen (secondary N) is 2. The second-order valence-corrected chi connectivity index (χ2v) is 9.75. The van der Waals surface area contributed by atoms with Crippen molar-refractivity contribution in [2.24, 2.45) is 5.92 Å². The molecule has 3 N–H and O–H groups in total. The number of halogens is 3. The first-order chi connectivity index (χ1) is 15.9. The van der Waals surface area contributed by atoms with Crippen molar-refractivity contribution in [3.8, 4) is 5.75 Å². The van der Waals surface area contributed by atoms with Crippen molar-refractivity contribution in [2.75, 3.05) is 46.0 Å². The Bertz CT molecular complexity index is 946. The zero-order valence-electron chi connectivity index (χ0n) is 18.2. The minimum Gasteiger partial charge on any atom is -0.542 e. The van der Waals surface area contributed by atoms with Crippen LogP contribution < -0.4 is 19.5 Å². The smallest absolute Gasteiger partial charge is 0.430 e. The van der Waals surface area contributed by atoms with E-state index in [4.69, 9.17) is 19.4 Å². The molecule has 0 atom stereocenters. The monoisotopic (exact) mass is 512 g/mol. The highest BCUT2D eigenvalue weighted by atomic mass is 32.2. The molecule has 0 unspecified atom stereocenters. The molecule has 1 aromatic rings. The number of carbonyl (C=O) groups is 2. The molecule has 3 rings (SSSR count). The number of benzene rings is 1. The maximum Gasteiger partial charge on any atom is 0.430 e. The first kappa shape index (κ1) is 27.8. The van der Waals surface area contributed by atoms with Crippen LogP contribution in [-0.2, 0) is 25.3 Å². The summed E-state index contributed by atoms with van der Waals surface area (Å²) in [6.45, 7) is 4.76. The zero-order chi connectivity index (χ0) is 25.4. The lowest BCUT2D eigenvalue weighted by atomic mass is 10.1. The molecule has 0 spiro atoms. The molecule has 1 aliphatic heterocycles. The van der Waals surface area contributed by atoms with Crippen molar-refractivity contribution in [1.82, 2.24) is 4.72 Å². The van der Waals surface area contributed by atoms with Gasteiger partial charge in [0, 0.05) is 0 Å². The van der Waals surface area contributed by atoms with Crippen molar-refractivity contribution >= 4 is 22.0 Å². The highest BCUT2D eigenvalue weighted by Crippen LogP contribution is 2.31. The van der Waals surface area contributed by atoms with Gasteiger partial charge in [-0.15, -0.1) is 0 Å².